The topological polar surface area (TPSA) is 124 Å². The molecule has 1 aliphatic rings. The van der Waals surface area contributed by atoms with Crippen LogP contribution in [0, 0.1) is 35.4 Å². The summed E-state index contributed by atoms with van der Waals surface area (Å²) in [4.78, 5) is 24.1. The van der Waals surface area contributed by atoms with E-state index in [0.717, 1.165) is 5.56 Å². The normalized spacial score (nSPS) is 16.5. The highest BCUT2D eigenvalue weighted by molar-refractivity contribution is 6.74. The number of nitriles is 2. The van der Waals surface area contributed by atoms with Gasteiger partial charge in [0.05, 0.1) is 22.5 Å². The lowest BCUT2D eigenvalue weighted by atomic mass is 9.83. The first-order chi connectivity index (χ1) is 20.8. The van der Waals surface area contributed by atoms with Crippen LogP contribution in [-0.4, -0.2) is 43.1 Å². The molecule has 0 saturated carbocycles. The Morgan fingerprint density at radius 3 is 2.38 bits per heavy atom. The number of benzene rings is 2. The zero-order valence-corrected chi connectivity index (χ0v) is 28.7. The Morgan fingerprint density at radius 1 is 1.11 bits per heavy atom. The van der Waals surface area contributed by atoms with Gasteiger partial charge >= 0.3 is 6.09 Å². The molecule has 0 unspecified atom stereocenters. The first kappa shape index (κ1) is 33.6. The number of nitrogens with one attached hydrogen (secondary N) is 1. The van der Waals surface area contributed by atoms with E-state index in [1.807, 2.05) is 39.8 Å². The molecule has 45 heavy (non-hydrogen) atoms. The first-order valence-electron chi connectivity index (χ1n) is 14.8. The van der Waals surface area contributed by atoms with Crippen LogP contribution in [0.2, 0.25) is 18.1 Å². The minimum atomic E-state index is -2.16. The van der Waals surface area contributed by atoms with Crippen molar-refractivity contribution in [3.63, 3.8) is 0 Å². The number of hydrogen-bond donors (Lipinski definition) is 1. The molecular formula is C34H41FN6O3Si. The highest BCUT2D eigenvalue weighted by Gasteiger charge is 2.47. The summed E-state index contributed by atoms with van der Waals surface area (Å²) in [7, 11) is -2.16. The summed E-state index contributed by atoms with van der Waals surface area (Å²) in [6, 6.07) is 12.2. The molecule has 2 heterocycles. The fraction of sp³-hybridized carbons (Fsp3) is 0.441. The molecule has 2 aromatic carbocycles. The third-order valence-electron chi connectivity index (χ3n) is 8.46. The van der Waals surface area contributed by atoms with Gasteiger partial charge in [-0.2, -0.15) is 10.5 Å². The molecular weight excluding hydrogens is 587 g/mol. The number of aromatic nitrogens is 2. The van der Waals surface area contributed by atoms with E-state index in [1.165, 1.54) is 12.1 Å². The Bertz CT molecular complexity index is 1730. The van der Waals surface area contributed by atoms with Crippen molar-refractivity contribution in [1.29, 1.82) is 10.5 Å². The fourth-order valence-electron chi connectivity index (χ4n) is 4.88. The van der Waals surface area contributed by atoms with Crippen LogP contribution in [0.15, 0.2) is 36.5 Å². The van der Waals surface area contributed by atoms with Gasteiger partial charge in [0.2, 0.25) is 5.95 Å². The van der Waals surface area contributed by atoms with Crippen LogP contribution >= 0.6 is 0 Å². The van der Waals surface area contributed by atoms with Crippen molar-refractivity contribution in [2.45, 2.75) is 84.5 Å². The number of anilines is 3. The van der Waals surface area contributed by atoms with Crippen molar-refractivity contribution in [1.82, 2.24) is 9.97 Å². The van der Waals surface area contributed by atoms with Crippen molar-refractivity contribution >= 4 is 31.7 Å². The van der Waals surface area contributed by atoms with E-state index in [4.69, 9.17) is 9.16 Å². The number of nitrogens with zero attached hydrogens (tertiary/aromatic N) is 5. The molecule has 3 aromatic rings. The Labute approximate surface area is 266 Å². The number of aryl methyl sites for hydroxylation is 1. The number of hydrogen-bond acceptors (Lipinski definition) is 8. The Kier molecular flexibility index (Phi) is 8.86. The molecule has 1 amide bonds. The van der Waals surface area contributed by atoms with Gasteiger partial charge in [-0.1, -0.05) is 27.7 Å². The minimum absolute atomic E-state index is 0.0173. The number of halogens is 1. The molecule has 0 aliphatic carbocycles. The summed E-state index contributed by atoms with van der Waals surface area (Å²) in [5.74, 6) is -0.358. The van der Waals surface area contributed by atoms with Crippen LogP contribution in [0.25, 0.3) is 11.3 Å². The third kappa shape index (κ3) is 7.00. The Morgan fingerprint density at radius 2 is 1.78 bits per heavy atom. The summed E-state index contributed by atoms with van der Waals surface area (Å²) < 4.78 is 26.6. The average molecular weight is 629 g/mol. The van der Waals surface area contributed by atoms with Crippen molar-refractivity contribution in [2.24, 2.45) is 0 Å². The van der Waals surface area contributed by atoms with E-state index >= 15 is 0 Å². The maximum atomic E-state index is 14.1. The molecule has 0 fully saturated rings. The van der Waals surface area contributed by atoms with E-state index in [0.29, 0.717) is 40.4 Å². The van der Waals surface area contributed by atoms with Crippen molar-refractivity contribution < 1.29 is 18.3 Å². The molecule has 0 saturated heterocycles. The molecule has 1 aromatic heterocycles. The summed E-state index contributed by atoms with van der Waals surface area (Å²) in [6.45, 7) is 20.7. The second kappa shape index (κ2) is 11.9. The van der Waals surface area contributed by atoms with Gasteiger partial charge in [0.1, 0.15) is 23.6 Å². The van der Waals surface area contributed by atoms with E-state index in [1.54, 1.807) is 30.2 Å². The smallest absolute Gasteiger partial charge is 0.414 e. The lowest BCUT2D eigenvalue weighted by Gasteiger charge is -2.39. The van der Waals surface area contributed by atoms with Crippen molar-refractivity contribution in [3.8, 4) is 23.4 Å². The second-order valence-electron chi connectivity index (χ2n) is 14.4. The third-order valence-corrected chi connectivity index (χ3v) is 12.9. The number of rotatable bonds is 6. The van der Waals surface area contributed by atoms with Crippen LogP contribution in [0.3, 0.4) is 0 Å². The Hall–Kier alpha value is -4.32. The molecule has 0 spiro atoms. The number of carbonyl (C=O) groups excluding carboxylic acids is 1. The molecule has 1 atom stereocenters. The van der Waals surface area contributed by atoms with Gasteiger partial charge in [-0.25, -0.2) is 19.2 Å². The SMILES string of the molecule is Cc1cc(F)c(C#N)cc1Nc1nccc(-c2cc(C#N)c3c(c2)[C@@](C)(CO[Si](C)(C)C(C)(C)C)CN3C(=O)OC(C)(C)C)n1. The quantitative estimate of drug-likeness (QED) is 0.272. The van der Waals surface area contributed by atoms with E-state index in [2.05, 4.69) is 55.2 Å². The number of carbonyl (C=O) groups is 1. The van der Waals surface area contributed by atoms with Gasteiger partial charge < -0.3 is 14.5 Å². The van der Waals surface area contributed by atoms with Gasteiger partial charge in [-0.05, 0) is 87.3 Å². The largest absolute Gasteiger partial charge is 0.443 e. The molecule has 1 N–H and O–H groups in total. The summed E-state index contributed by atoms with van der Waals surface area (Å²) in [6.07, 6.45) is 1.06. The predicted molar refractivity (Wildman–Crippen MR) is 175 cm³/mol. The van der Waals surface area contributed by atoms with Crippen molar-refractivity contribution in [2.75, 3.05) is 23.4 Å². The minimum Gasteiger partial charge on any atom is -0.443 e. The summed E-state index contributed by atoms with van der Waals surface area (Å²) >= 11 is 0. The van der Waals surface area contributed by atoms with Crippen LogP contribution in [0.1, 0.15) is 70.7 Å². The zero-order valence-electron chi connectivity index (χ0n) is 27.7. The van der Waals surface area contributed by atoms with Gasteiger partial charge in [0, 0.05) is 36.0 Å². The monoisotopic (exact) mass is 628 g/mol. The second-order valence-corrected chi connectivity index (χ2v) is 19.2. The van der Waals surface area contributed by atoms with E-state index in [9.17, 15) is 19.7 Å². The van der Waals surface area contributed by atoms with Crippen LogP contribution in [0.5, 0.6) is 0 Å². The van der Waals surface area contributed by atoms with Gasteiger partial charge in [-0.15, -0.1) is 0 Å². The lowest BCUT2D eigenvalue weighted by Crippen LogP contribution is -2.46. The Balaban J connectivity index is 1.81. The van der Waals surface area contributed by atoms with Crippen molar-refractivity contribution in [3.05, 3.63) is 64.6 Å². The van der Waals surface area contributed by atoms with Gasteiger partial charge in [0.15, 0.2) is 8.32 Å². The number of fused-ring (bicyclic) bond motifs is 1. The van der Waals surface area contributed by atoms with Crippen LogP contribution < -0.4 is 10.2 Å². The highest BCUT2D eigenvalue weighted by Crippen LogP contribution is 2.47. The van der Waals surface area contributed by atoms with E-state index < -0.39 is 31.2 Å². The maximum absolute atomic E-state index is 14.1. The molecule has 4 rings (SSSR count). The lowest BCUT2D eigenvalue weighted by molar-refractivity contribution is 0.0575. The number of amides is 1. The molecule has 0 bridgehead atoms. The van der Waals surface area contributed by atoms with Gasteiger partial charge in [-0.3, -0.25) is 4.90 Å². The molecule has 0 radical (unpaired) electrons. The molecule has 11 heteroatoms. The number of ether oxygens (including phenoxy) is 1. The van der Waals surface area contributed by atoms with Gasteiger partial charge in [0.25, 0.3) is 0 Å². The zero-order chi connectivity index (χ0) is 33.5. The van der Waals surface area contributed by atoms with Crippen LogP contribution in [-0.2, 0) is 14.6 Å². The highest BCUT2D eigenvalue weighted by atomic mass is 28.4. The molecule has 236 valence electrons. The predicted octanol–water partition coefficient (Wildman–Crippen LogP) is 8.11. The van der Waals surface area contributed by atoms with E-state index in [-0.39, 0.29) is 23.1 Å². The standard InChI is InChI=1S/C34H41FN6O3Si/c1-21-13-26(35)23(17-36)16-28(21)40-30-38-12-11-27(39-30)22-14-24(18-37)29-25(15-22)34(8,20-43-45(9,10)33(5,6)7)19-41(29)31(42)44-32(2,3)4/h11-16H,19-20H2,1-10H3,(H,38,39,40)/t34-/m1/s1. The summed E-state index contributed by atoms with van der Waals surface area (Å²) in [5, 5.41) is 22.7. The summed E-state index contributed by atoms with van der Waals surface area (Å²) in [5.41, 5.74) is 2.44. The first-order valence-corrected chi connectivity index (χ1v) is 17.7. The maximum Gasteiger partial charge on any atom is 0.414 e. The average Bonchev–Trinajstić information content (AvgIpc) is 3.24. The molecule has 1 aliphatic heterocycles. The molecule has 9 nitrogen and oxygen atoms in total. The fourth-order valence-corrected chi connectivity index (χ4v) is 5.99. The van der Waals surface area contributed by atoms with Crippen LogP contribution in [0.4, 0.5) is 26.5 Å².